The topological polar surface area (TPSA) is 66.5 Å². The Morgan fingerprint density at radius 2 is 1.78 bits per heavy atom. The fraction of sp³-hybridized carbons (Fsp3) is 0.278. The van der Waals surface area contributed by atoms with Gasteiger partial charge in [0.05, 0.1) is 10.8 Å². The minimum absolute atomic E-state index is 0.00497. The minimum Gasteiger partial charge on any atom is -0.273 e. The van der Waals surface area contributed by atoms with Crippen LogP contribution in [0, 0.1) is 5.92 Å². The molecule has 1 aliphatic rings. The van der Waals surface area contributed by atoms with Crippen LogP contribution < -0.4 is 4.83 Å². The lowest BCUT2D eigenvalue weighted by Gasteiger charge is -2.26. The first-order valence-corrected chi connectivity index (χ1v) is 10.9. The molecule has 9 heteroatoms. The maximum atomic E-state index is 13.0. The molecule has 0 fully saturated rings. The molecule has 2 aromatic rings. The van der Waals surface area contributed by atoms with Crippen molar-refractivity contribution < 1.29 is 13.2 Å². The minimum atomic E-state index is -3.93. The van der Waals surface area contributed by atoms with Gasteiger partial charge in [-0.05, 0) is 41.8 Å². The van der Waals surface area contributed by atoms with E-state index >= 15 is 0 Å². The highest BCUT2D eigenvalue weighted by atomic mass is 35.5. The number of halogens is 3. The molecule has 0 heterocycles. The van der Waals surface area contributed by atoms with Crippen molar-refractivity contribution in [2.24, 2.45) is 5.92 Å². The SMILES string of the molecule is CN(NS(=O)(=O)c1ccc(Cl)cc1)C(=O)C1Cc2ccccc2C1C(Cl)Cl. The average Bonchev–Trinajstić information content (AvgIpc) is 3.00. The smallest absolute Gasteiger partial charge is 0.257 e. The van der Waals surface area contributed by atoms with Crippen molar-refractivity contribution in [2.75, 3.05) is 7.05 Å². The van der Waals surface area contributed by atoms with Gasteiger partial charge in [0.2, 0.25) is 5.91 Å². The van der Waals surface area contributed by atoms with Crippen molar-refractivity contribution in [3.63, 3.8) is 0 Å². The number of nitrogens with zero attached hydrogens (tertiary/aromatic N) is 1. The number of amides is 1. The van der Waals surface area contributed by atoms with Crippen LogP contribution in [0.4, 0.5) is 0 Å². The number of hydrogen-bond donors (Lipinski definition) is 1. The summed E-state index contributed by atoms with van der Waals surface area (Å²) in [5, 5.41) is 1.39. The summed E-state index contributed by atoms with van der Waals surface area (Å²) in [6.45, 7) is 0. The van der Waals surface area contributed by atoms with E-state index < -0.39 is 32.6 Å². The molecule has 0 bridgehead atoms. The quantitative estimate of drug-likeness (QED) is 0.561. The molecule has 2 aromatic carbocycles. The molecule has 0 aliphatic heterocycles. The van der Waals surface area contributed by atoms with Gasteiger partial charge >= 0.3 is 0 Å². The number of fused-ring (bicyclic) bond motifs is 1. The molecule has 0 radical (unpaired) electrons. The molecular formula is C18H17Cl3N2O3S. The number of sulfonamides is 1. The molecule has 1 aliphatic carbocycles. The third kappa shape index (κ3) is 4.25. The molecule has 0 saturated heterocycles. The summed E-state index contributed by atoms with van der Waals surface area (Å²) < 4.78 is 25.0. The summed E-state index contributed by atoms with van der Waals surface area (Å²) in [5.41, 5.74) is 1.90. The second kappa shape index (κ2) is 7.97. The molecule has 2 atom stereocenters. The van der Waals surface area contributed by atoms with E-state index in [1.54, 1.807) is 0 Å². The summed E-state index contributed by atoms with van der Waals surface area (Å²) in [7, 11) is -2.56. The van der Waals surface area contributed by atoms with Gasteiger partial charge in [-0.1, -0.05) is 35.9 Å². The zero-order valence-electron chi connectivity index (χ0n) is 14.3. The lowest BCUT2D eigenvalue weighted by atomic mass is 9.93. The Hall–Kier alpha value is -1.31. The van der Waals surface area contributed by atoms with E-state index in [1.807, 2.05) is 24.3 Å². The first kappa shape index (κ1) is 20.4. The Morgan fingerprint density at radius 3 is 2.41 bits per heavy atom. The summed E-state index contributed by atoms with van der Waals surface area (Å²) in [5.74, 6) is -1.36. The summed E-state index contributed by atoms with van der Waals surface area (Å²) in [6, 6.07) is 13.2. The highest BCUT2D eigenvalue weighted by Crippen LogP contribution is 2.43. The average molecular weight is 448 g/mol. The molecule has 1 amide bonds. The van der Waals surface area contributed by atoms with Crippen LogP contribution in [0.1, 0.15) is 17.0 Å². The molecule has 3 rings (SSSR count). The first-order valence-electron chi connectivity index (χ1n) is 8.12. The lowest BCUT2D eigenvalue weighted by molar-refractivity contribution is -0.136. The van der Waals surface area contributed by atoms with Crippen molar-refractivity contribution in [1.29, 1.82) is 0 Å². The van der Waals surface area contributed by atoms with E-state index in [0.29, 0.717) is 11.4 Å². The fourth-order valence-electron chi connectivity index (χ4n) is 3.32. The van der Waals surface area contributed by atoms with E-state index in [1.165, 1.54) is 31.3 Å². The van der Waals surface area contributed by atoms with Crippen molar-refractivity contribution in [3.8, 4) is 0 Å². The zero-order valence-corrected chi connectivity index (χ0v) is 17.4. The van der Waals surface area contributed by atoms with Gasteiger partial charge in [-0.3, -0.25) is 9.80 Å². The Balaban J connectivity index is 1.80. The normalized spacial score (nSPS) is 19.1. The number of nitrogens with one attached hydrogen (secondary N) is 1. The molecule has 1 N–H and O–H groups in total. The van der Waals surface area contributed by atoms with Gasteiger partial charge in [0.25, 0.3) is 10.0 Å². The molecule has 5 nitrogen and oxygen atoms in total. The molecule has 0 spiro atoms. The first-order chi connectivity index (χ1) is 12.7. The third-order valence-corrected chi connectivity index (χ3v) is 6.79. The van der Waals surface area contributed by atoms with E-state index in [9.17, 15) is 13.2 Å². The van der Waals surface area contributed by atoms with Crippen LogP contribution in [-0.2, 0) is 21.2 Å². The predicted octanol–water partition coefficient (Wildman–Crippen LogP) is 3.75. The van der Waals surface area contributed by atoms with Crippen LogP contribution in [0.3, 0.4) is 0 Å². The number of carbonyl (C=O) groups is 1. The maximum Gasteiger partial charge on any atom is 0.257 e. The van der Waals surface area contributed by atoms with E-state index in [-0.39, 0.29) is 4.90 Å². The number of hydrogen-bond acceptors (Lipinski definition) is 3. The second-order valence-corrected chi connectivity index (χ2v) is 9.58. The zero-order chi connectivity index (χ0) is 19.8. The Labute approximate surface area is 173 Å². The van der Waals surface area contributed by atoms with Crippen LogP contribution in [-0.4, -0.2) is 31.2 Å². The number of alkyl halides is 2. The number of hydrazine groups is 1. The Morgan fingerprint density at radius 1 is 1.15 bits per heavy atom. The molecule has 144 valence electrons. The largest absolute Gasteiger partial charge is 0.273 e. The van der Waals surface area contributed by atoms with Gasteiger partial charge in [-0.2, -0.15) is 0 Å². The molecule has 0 saturated carbocycles. The predicted molar refractivity (Wildman–Crippen MR) is 106 cm³/mol. The molecule has 0 aromatic heterocycles. The highest BCUT2D eigenvalue weighted by molar-refractivity contribution is 7.89. The summed E-state index contributed by atoms with van der Waals surface area (Å²) >= 11 is 18.1. The molecular weight excluding hydrogens is 431 g/mol. The van der Waals surface area contributed by atoms with Crippen LogP contribution in [0.2, 0.25) is 5.02 Å². The van der Waals surface area contributed by atoms with Gasteiger partial charge in [0, 0.05) is 18.0 Å². The monoisotopic (exact) mass is 446 g/mol. The van der Waals surface area contributed by atoms with Crippen LogP contribution >= 0.6 is 34.8 Å². The third-order valence-electron chi connectivity index (χ3n) is 4.59. The Bertz CT molecular complexity index is 949. The lowest BCUT2D eigenvalue weighted by Crippen LogP contribution is -2.47. The molecule has 27 heavy (non-hydrogen) atoms. The van der Waals surface area contributed by atoms with Crippen molar-refractivity contribution >= 4 is 50.7 Å². The Kier molecular flexibility index (Phi) is 6.03. The van der Waals surface area contributed by atoms with Crippen molar-refractivity contribution in [2.45, 2.75) is 22.1 Å². The number of rotatable bonds is 5. The number of carbonyl (C=O) groups excluding carboxylic acids is 1. The van der Waals surface area contributed by atoms with Crippen LogP contribution in [0.5, 0.6) is 0 Å². The van der Waals surface area contributed by atoms with Gasteiger partial charge in [0.1, 0.15) is 4.84 Å². The van der Waals surface area contributed by atoms with Crippen molar-refractivity contribution in [3.05, 3.63) is 64.7 Å². The highest BCUT2D eigenvalue weighted by Gasteiger charge is 2.42. The van der Waals surface area contributed by atoms with E-state index in [2.05, 4.69) is 4.83 Å². The summed E-state index contributed by atoms with van der Waals surface area (Å²) in [4.78, 5) is 14.5. The van der Waals surface area contributed by atoms with Gasteiger partial charge in [-0.25, -0.2) is 8.42 Å². The molecule has 2 unspecified atom stereocenters. The van der Waals surface area contributed by atoms with Crippen molar-refractivity contribution in [1.82, 2.24) is 9.84 Å². The number of benzene rings is 2. The summed E-state index contributed by atoms with van der Waals surface area (Å²) in [6.07, 6.45) is 0.447. The van der Waals surface area contributed by atoms with Gasteiger partial charge < -0.3 is 0 Å². The van der Waals surface area contributed by atoms with Crippen LogP contribution in [0.25, 0.3) is 0 Å². The maximum absolute atomic E-state index is 13.0. The standard InChI is InChI=1S/C18H17Cl3N2O3S/c1-23(22-27(25,26)13-8-6-12(19)7-9-13)18(24)15-10-11-4-2-3-5-14(11)16(15)17(20)21/h2-9,15-17,22H,10H2,1H3. The van der Waals surface area contributed by atoms with E-state index in [0.717, 1.165) is 16.1 Å². The second-order valence-electron chi connectivity index (χ2n) is 6.32. The van der Waals surface area contributed by atoms with E-state index in [4.69, 9.17) is 34.8 Å². The van der Waals surface area contributed by atoms with Gasteiger partial charge in [0.15, 0.2) is 0 Å². The van der Waals surface area contributed by atoms with Gasteiger partial charge in [-0.15, -0.1) is 28.0 Å². The van der Waals surface area contributed by atoms with Crippen LogP contribution in [0.15, 0.2) is 53.4 Å². The fourth-order valence-corrected chi connectivity index (χ4v) is 5.12.